The molecular formula is C16H18FN3O. The van der Waals surface area contributed by atoms with Crippen molar-refractivity contribution in [2.45, 2.75) is 26.7 Å². The molecule has 110 valence electrons. The number of halogens is 1. The van der Waals surface area contributed by atoms with Crippen LogP contribution in [0.2, 0.25) is 0 Å². The first-order valence-electron chi connectivity index (χ1n) is 7.18. The van der Waals surface area contributed by atoms with Gasteiger partial charge in [0.25, 0.3) is 5.56 Å². The fraction of sp³-hybridized carbons (Fsp3) is 0.375. The van der Waals surface area contributed by atoms with Gasteiger partial charge in [-0.1, -0.05) is 0 Å². The average molecular weight is 287 g/mol. The van der Waals surface area contributed by atoms with Crippen LogP contribution in [0.3, 0.4) is 0 Å². The highest BCUT2D eigenvalue weighted by Crippen LogP contribution is 2.25. The van der Waals surface area contributed by atoms with Gasteiger partial charge in [0.05, 0.1) is 11.4 Å². The van der Waals surface area contributed by atoms with E-state index in [-0.39, 0.29) is 11.4 Å². The average Bonchev–Trinajstić information content (AvgIpc) is 2.91. The zero-order chi connectivity index (χ0) is 15.0. The molecule has 1 aromatic heterocycles. The van der Waals surface area contributed by atoms with Gasteiger partial charge in [0.2, 0.25) is 0 Å². The van der Waals surface area contributed by atoms with Gasteiger partial charge in [0.15, 0.2) is 0 Å². The number of hydrogen-bond acceptors (Lipinski definition) is 3. The van der Waals surface area contributed by atoms with E-state index >= 15 is 0 Å². The SMILES string of the molecule is Cc1cc(=O)n(-c2ccc(N3CCCC3)c(F)c2)c(C)n1. The van der Waals surface area contributed by atoms with Crippen LogP contribution in [0, 0.1) is 19.7 Å². The molecule has 0 saturated carbocycles. The second-order valence-corrected chi connectivity index (χ2v) is 5.45. The van der Waals surface area contributed by atoms with Crippen molar-refractivity contribution < 1.29 is 4.39 Å². The van der Waals surface area contributed by atoms with Crippen molar-refractivity contribution in [2.75, 3.05) is 18.0 Å². The lowest BCUT2D eigenvalue weighted by molar-refractivity contribution is 0.621. The number of aromatic nitrogens is 2. The van der Waals surface area contributed by atoms with Crippen LogP contribution in [0.25, 0.3) is 5.69 Å². The fourth-order valence-electron chi connectivity index (χ4n) is 2.90. The standard InChI is InChI=1S/C16H18FN3O/c1-11-9-16(21)20(12(2)18-11)13-5-6-15(14(17)10-13)19-7-3-4-8-19/h5-6,9-10H,3-4,7-8H2,1-2H3. The summed E-state index contributed by atoms with van der Waals surface area (Å²) in [7, 11) is 0. The lowest BCUT2D eigenvalue weighted by Crippen LogP contribution is -2.23. The third kappa shape index (κ3) is 2.55. The second kappa shape index (κ2) is 5.31. The normalized spacial score (nSPS) is 14.7. The molecule has 1 aliphatic rings. The lowest BCUT2D eigenvalue weighted by atomic mass is 10.2. The number of benzene rings is 1. The third-order valence-electron chi connectivity index (χ3n) is 3.85. The van der Waals surface area contributed by atoms with Crippen LogP contribution in [-0.4, -0.2) is 22.6 Å². The van der Waals surface area contributed by atoms with Gasteiger partial charge < -0.3 is 4.90 Å². The van der Waals surface area contributed by atoms with E-state index in [1.54, 1.807) is 26.0 Å². The number of aryl methyl sites for hydroxylation is 2. The molecule has 0 amide bonds. The topological polar surface area (TPSA) is 38.1 Å². The molecule has 1 aliphatic heterocycles. The van der Waals surface area contributed by atoms with E-state index in [0.29, 0.717) is 22.9 Å². The Morgan fingerprint density at radius 2 is 1.86 bits per heavy atom. The summed E-state index contributed by atoms with van der Waals surface area (Å²) in [5.74, 6) is 0.273. The van der Waals surface area contributed by atoms with Crippen LogP contribution in [0.4, 0.5) is 10.1 Å². The summed E-state index contributed by atoms with van der Waals surface area (Å²) >= 11 is 0. The summed E-state index contributed by atoms with van der Waals surface area (Å²) < 4.78 is 15.8. The summed E-state index contributed by atoms with van der Waals surface area (Å²) in [6.07, 6.45) is 2.20. The zero-order valence-corrected chi connectivity index (χ0v) is 12.3. The van der Waals surface area contributed by atoms with Crippen molar-refractivity contribution in [3.63, 3.8) is 0 Å². The van der Waals surface area contributed by atoms with Crippen molar-refractivity contribution in [1.29, 1.82) is 0 Å². The predicted octanol–water partition coefficient (Wildman–Crippen LogP) is 2.59. The minimum Gasteiger partial charge on any atom is -0.369 e. The molecule has 2 aromatic rings. The number of nitrogens with zero attached hydrogens (tertiary/aromatic N) is 3. The van der Waals surface area contributed by atoms with Gasteiger partial charge in [0, 0.05) is 30.9 Å². The van der Waals surface area contributed by atoms with Crippen LogP contribution >= 0.6 is 0 Å². The molecule has 3 rings (SSSR count). The Balaban J connectivity index is 2.05. The highest BCUT2D eigenvalue weighted by Gasteiger charge is 2.17. The summed E-state index contributed by atoms with van der Waals surface area (Å²) in [5.41, 5.74) is 1.61. The van der Waals surface area contributed by atoms with Gasteiger partial charge in [-0.25, -0.2) is 9.37 Å². The molecule has 0 unspecified atom stereocenters. The van der Waals surface area contributed by atoms with Crippen LogP contribution in [-0.2, 0) is 0 Å². The van der Waals surface area contributed by atoms with E-state index in [1.807, 2.05) is 4.90 Å². The highest BCUT2D eigenvalue weighted by molar-refractivity contribution is 5.53. The quantitative estimate of drug-likeness (QED) is 0.852. The first-order valence-corrected chi connectivity index (χ1v) is 7.18. The molecular weight excluding hydrogens is 269 g/mol. The van der Waals surface area contributed by atoms with Crippen molar-refractivity contribution in [1.82, 2.24) is 9.55 Å². The maximum Gasteiger partial charge on any atom is 0.258 e. The minimum absolute atomic E-state index is 0.187. The Bertz CT molecular complexity index is 733. The Kier molecular flexibility index (Phi) is 3.49. The molecule has 0 spiro atoms. The summed E-state index contributed by atoms with van der Waals surface area (Å²) in [6, 6.07) is 6.40. The molecule has 0 bridgehead atoms. The maximum absolute atomic E-state index is 14.4. The number of anilines is 1. The molecule has 21 heavy (non-hydrogen) atoms. The fourth-order valence-corrected chi connectivity index (χ4v) is 2.90. The van der Waals surface area contributed by atoms with E-state index in [2.05, 4.69) is 4.98 Å². The van der Waals surface area contributed by atoms with E-state index in [0.717, 1.165) is 25.9 Å². The Labute approximate surface area is 122 Å². The molecule has 0 N–H and O–H groups in total. The molecule has 1 aromatic carbocycles. The maximum atomic E-state index is 14.4. The van der Waals surface area contributed by atoms with Gasteiger partial charge >= 0.3 is 0 Å². The van der Waals surface area contributed by atoms with E-state index in [1.165, 1.54) is 16.7 Å². The van der Waals surface area contributed by atoms with Gasteiger partial charge in [-0.05, 0) is 38.8 Å². The number of rotatable bonds is 2. The van der Waals surface area contributed by atoms with Gasteiger partial charge in [-0.15, -0.1) is 0 Å². The minimum atomic E-state index is -0.290. The summed E-state index contributed by atoms with van der Waals surface area (Å²) in [4.78, 5) is 18.4. The van der Waals surface area contributed by atoms with Crippen molar-refractivity contribution in [3.05, 3.63) is 52.0 Å². The molecule has 1 saturated heterocycles. The van der Waals surface area contributed by atoms with Crippen molar-refractivity contribution >= 4 is 5.69 Å². The summed E-state index contributed by atoms with van der Waals surface area (Å²) in [5, 5.41) is 0. The highest BCUT2D eigenvalue weighted by atomic mass is 19.1. The monoisotopic (exact) mass is 287 g/mol. The van der Waals surface area contributed by atoms with Gasteiger partial charge in [-0.2, -0.15) is 0 Å². The van der Waals surface area contributed by atoms with Crippen molar-refractivity contribution in [3.8, 4) is 5.69 Å². The number of hydrogen-bond donors (Lipinski definition) is 0. The van der Waals surface area contributed by atoms with E-state index < -0.39 is 0 Å². The Morgan fingerprint density at radius 3 is 2.48 bits per heavy atom. The molecule has 0 aliphatic carbocycles. The second-order valence-electron chi connectivity index (χ2n) is 5.45. The molecule has 0 atom stereocenters. The molecule has 5 heteroatoms. The van der Waals surface area contributed by atoms with Crippen LogP contribution in [0.5, 0.6) is 0 Å². The van der Waals surface area contributed by atoms with Gasteiger partial charge in [0.1, 0.15) is 11.6 Å². The third-order valence-corrected chi connectivity index (χ3v) is 3.85. The van der Waals surface area contributed by atoms with Gasteiger partial charge in [-0.3, -0.25) is 9.36 Å². The first-order chi connectivity index (χ1) is 10.1. The molecule has 2 heterocycles. The van der Waals surface area contributed by atoms with Crippen LogP contribution < -0.4 is 10.5 Å². The molecule has 4 nitrogen and oxygen atoms in total. The zero-order valence-electron chi connectivity index (χ0n) is 12.3. The van der Waals surface area contributed by atoms with Crippen LogP contribution in [0.15, 0.2) is 29.1 Å². The van der Waals surface area contributed by atoms with Crippen LogP contribution in [0.1, 0.15) is 24.4 Å². The largest absolute Gasteiger partial charge is 0.369 e. The Morgan fingerprint density at radius 1 is 1.14 bits per heavy atom. The smallest absolute Gasteiger partial charge is 0.258 e. The molecule has 1 fully saturated rings. The Hall–Kier alpha value is -2.17. The predicted molar refractivity (Wildman–Crippen MR) is 80.7 cm³/mol. The summed E-state index contributed by atoms with van der Waals surface area (Å²) in [6.45, 7) is 5.30. The lowest BCUT2D eigenvalue weighted by Gasteiger charge is -2.19. The molecule has 0 radical (unpaired) electrons. The van der Waals surface area contributed by atoms with E-state index in [4.69, 9.17) is 0 Å². The van der Waals surface area contributed by atoms with Crippen molar-refractivity contribution in [2.24, 2.45) is 0 Å². The van der Waals surface area contributed by atoms with E-state index in [9.17, 15) is 9.18 Å². The first kappa shape index (κ1) is 13.8.